The average Bonchev–Trinajstić information content (AvgIpc) is 3.51. The van der Waals surface area contributed by atoms with Gasteiger partial charge in [-0.3, -0.25) is 15.1 Å². The van der Waals surface area contributed by atoms with E-state index in [0.717, 1.165) is 43.8 Å². The van der Waals surface area contributed by atoms with Crippen LogP contribution in [0, 0.1) is 0 Å². The monoisotopic (exact) mass is 411 g/mol. The van der Waals surface area contributed by atoms with Gasteiger partial charge in [0.15, 0.2) is 11.5 Å². The molecule has 6 aromatic rings. The third-order valence-electron chi connectivity index (χ3n) is 4.86. The molecule has 0 saturated heterocycles. The van der Waals surface area contributed by atoms with E-state index in [1.165, 1.54) is 6.20 Å². The van der Waals surface area contributed by atoms with Gasteiger partial charge in [0.2, 0.25) is 0 Å². The standard InChI is InChI=1S/C21H13N7OS/c29-13-6-11(8-22-10-13)12-7-14-17(27-28-20(14)24-9-12)21-25-15-3-4-23-19(18(15)26-21)16-2-1-5-30-16/h1-10,29H,(H,25,26)(H,24,27,28). The van der Waals surface area contributed by atoms with E-state index in [-0.39, 0.29) is 5.75 Å². The van der Waals surface area contributed by atoms with Crippen molar-refractivity contribution in [2.45, 2.75) is 0 Å². The first-order chi connectivity index (χ1) is 14.8. The van der Waals surface area contributed by atoms with Crippen molar-refractivity contribution in [2.75, 3.05) is 0 Å². The van der Waals surface area contributed by atoms with Gasteiger partial charge < -0.3 is 10.1 Å². The molecule has 6 rings (SSSR count). The second-order valence-corrected chi connectivity index (χ2v) is 7.69. The van der Waals surface area contributed by atoms with E-state index in [0.29, 0.717) is 11.5 Å². The Kier molecular flexibility index (Phi) is 3.62. The van der Waals surface area contributed by atoms with Crippen LogP contribution in [0.3, 0.4) is 0 Å². The Morgan fingerprint density at radius 3 is 2.80 bits per heavy atom. The molecule has 8 nitrogen and oxygen atoms in total. The lowest BCUT2D eigenvalue weighted by atomic mass is 10.1. The van der Waals surface area contributed by atoms with Gasteiger partial charge >= 0.3 is 0 Å². The predicted octanol–water partition coefficient (Wildman–Crippen LogP) is 4.39. The van der Waals surface area contributed by atoms with E-state index in [1.54, 1.807) is 36.0 Å². The van der Waals surface area contributed by atoms with Crippen molar-refractivity contribution in [1.29, 1.82) is 0 Å². The van der Waals surface area contributed by atoms with Crippen LogP contribution in [-0.4, -0.2) is 40.2 Å². The van der Waals surface area contributed by atoms with Crippen molar-refractivity contribution in [3.8, 4) is 39.0 Å². The first-order valence-corrected chi connectivity index (χ1v) is 10.0. The van der Waals surface area contributed by atoms with Crippen molar-refractivity contribution < 1.29 is 5.11 Å². The first kappa shape index (κ1) is 16.8. The van der Waals surface area contributed by atoms with Gasteiger partial charge in [-0.05, 0) is 29.6 Å². The van der Waals surface area contributed by atoms with Gasteiger partial charge in [0.25, 0.3) is 0 Å². The van der Waals surface area contributed by atoms with Crippen LogP contribution in [0.5, 0.6) is 5.75 Å². The SMILES string of the molecule is Oc1cncc(-c2cnc3n[nH]c(-c4nc5c(-c6cccs6)nccc5[nH]4)c3c2)c1. The summed E-state index contributed by atoms with van der Waals surface area (Å²) in [4.78, 5) is 22.3. The molecule has 9 heteroatoms. The van der Waals surface area contributed by atoms with E-state index in [9.17, 15) is 5.11 Å². The molecule has 0 radical (unpaired) electrons. The highest BCUT2D eigenvalue weighted by atomic mass is 32.1. The zero-order valence-corrected chi connectivity index (χ0v) is 16.2. The maximum atomic E-state index is 9.74. The number of fused-ring (bicyclic) bond motifs is 2. The molecule has 6 heterocycles. The molecule has 0 bridgehead atoms. The number of imidazole rings is 1. The normalized spacial score (nSPS) is 11.5. The summed E-state index contributed by atoms with van der Waals surface area (Å²) < 4.78 is 0. The van der Waals surface area contributed by atoms with Gasteiger partial charge in [0, 0.05) is 29.7 Å². The molecule has 0 unspecified atom stereocenters. The fraction of sp³-hybridized carbons (Fsp3) is 0. The zero-order valence-electron chi connectivity index (χ0n) is 15.4. The number of pyridine rings is 3. The molecular weight excluding hydrogens is 398 g/mol. The highest BCUT2D eigenvalue weighted by Gasteiger charge is 2.17. The summed E-state index contributed by atoms with van der Waals surface area (Å²) in [5.41, 5.74) is 5.46. The average molecular weight is 411 g/mol. The lowest BCUT2D eigenvalue weighted by molar-refractivity contribution is 0.473. The van der Waals surface area contributed by atoms with Crippen LogP contribution in [0.4, 0.5) is 0 Å². The largest absolute Gasteiger partial charge is 0.506 e. The van der Waals surface area contributed by atoms with Crippen molar-refractivity contribution in [3.63, 3.8) is 0 Å². The van der Waals surface area contributed by atoms with Crippen molar-refractivity contribution in [1.82, 2.24) is 35.1 Å². The van der Waals surface area contributed by atoms with E-state index in [1.807, 2.05) is 29.6 Å². The van der Waals surface area contributed by atoms with Gasteiger partial charge in [0.05, 0.1) is 22.0 Å². The smallest absolute Gasteiger partial charge is 0.181 e. The van der Waals surface area contributed by atoms with Gasteiger partial charge in [-0.15, -0.1) is 11.3 Å². The van der Waals surface area contributed by atoms with Crippen LogP contribution in [0.1, 0.15) is 0 Å². The minimum absolute atomic E-state index is 0.103. The molecule has 0 aliphatic rings. The Morgan fingerprint density at radius 2 is 1.93 bits per heavy atom. The van der Waals surface area contributed by atoms with Crippen molar-refractivity contribution in [2.24, 2.45) is 0 Å². The molecule has 0 spiro atoms. The number of nitrogens with one attached hydrogen (secondary N) is 2. The number of nitrogens with zero attached hydrogens (tertiary/aromatic N) is 5. The third-order valence-corrected chi connectivity index (χ3v) is 5.74. The van der Waals surface area contributed by atoms with E-state index in [2.05, 4.69) is 30.1 Å². The summed E-state index contributed by atoms with van der Waals surface area (Å²) in [6.45, 7) is 0. The molecule has 3 N–H and O–H groups in total. The molecule has 6 aromatic heterocycles. The van der Waals surface area contributed by atoms with Crippen molar-refractivity contribution >= 4 is 33.4 Å². The maximum Gasteiger partial charge on any atom is 0.181 e. The molecule has 0 fully saturated rings. The summed E-state index contributed by atoms with van der Waals surface area (Å²) >= 11 is 1.63. The van der Waals surface area contributed by atoms with Gasteiger partial charge in [0.1, 0.15) is 22.7 Å². The molecule has 0 saturated carbocycles. The molecule has 0 aromatic carbocycles. The number of H-pyrrole nitrogens is 2. The summed E-state index contributed by atoms with van der Waals surface area (Å²) in [7, 11) is 0. The zero-order chi connectivity index (χ0) is 20.1. The Morgan fingerprint density at radius 1 is 1.00 bits per heavy atom. The second kappa shape index (κ2) is 6.46. The topological polar surface area (TPSA) is 116 Å². The van der Waals surface area contributed by atoms with Gasteiger partial charge in [-0.2, -0.15) is 5.10 Å². The van der Waals surface area contributed by atoms with Crippen LogP contribution in [0.15, 0.2) is 60.5 Å². The lowest BCUT2D eigenvalue weighted by Crippen LogP contribution is -1.85. The molecule has 0 aliphatic heterocycles. The molecule has 0 amide bonds. The summed E-state index contributed by atoms with van der Waals surface area (Å²) in [5.74, 6) is 0.761. The van der Waals surface area contributed by atoms with Crippen LogP contribution in [-0.2, 0) is 0 Å². The Hall–Kier alpha value is -4.11. The van der Waals surface area contributed by atoms with Crippen LogP contribution < -0.4 is 0 Å². The second-order valence-electron chi connectivity index (χ2n) is 6.74. The van der Waals surface area contributed by atoms with E-state index in [4.69, 9.17) is 4.98 Å². The fourth-order valence-electron chi connectivity index (χ4n) is 3.47. The van der Waals surface area contributed by atoms with Gasteiger partial charge in [-0.25, -0.2) is 9.97 Å². The van der Waals surface area contributed by atoms with Crippen molar-refractivity contribution in [3.05, 3.63) is 60.5 Å². The van der Waals surface area contributed by atoms with Crippen LogP contribution >= 0.6 is 11.3 Å². The Bertz CT molecular complexity index is 1520. The minimum atomic E-state index is 0.103. The summed E-state index contributed by atoms with van der Waals surface area (Å²) in [5, 5.41) is 19.9. The highest BCUT2D eigenvalue weighted by molar-refractivity contribution is 7.13. The summed E-state index contributed by atoms with van der Waals surface area (Å²) in [6.07, 6.45) is 6.56. The maximum absolute atomic E-state index is 9.74. The number of aromatic amines is 2. The van der Waals surface area contributed by atoms with E-state index < -0.39 is 0 Å². The number of hydrogen-bond acceptors (Lipinski definition) is 7. The van der Waals surface area contributed by atoms with E-state index >= 15 is 0 Å². The molecule has 30 heavy (non-hydrogen) atoms. The Labute approximate surface area is 173 Å². The number of thiophene rings is 1. The molecule has 0 atom stereocenters. The fourth-order valence-corrected chi connectivity index (χ4v) is 4.19. The number of aromatic hydroxyl groups is 1. The lowest BCUT2D eigenvalue weighted by Gasteiger charge is -2.02. The minimum Gasteiger partial charge on any atom is -0.506 e. The van der Waals surface area contributed by atoms with Gasteiger partial charge in [-0.1, -0.05) is 6.07 Å². The quantitative estimate of drug-likeness (QED) is 0.398. The molecule has 144 valence electrons. The number of hydrogen-bond donors (Lipinski definition) is 3. The predicted molar refractivity (Wildman–Crippen MR) is 115 cm³/mol. The first-order valence-electron chi connectivity index (χ1n) is 9.14. The highest BCUT2D eigenvalue weighted by Crippen LogP contribution is 2.33. The number of aromatic nitrogens is 7. The Balaban J connectivity index is 1.52. The third kappa shape index (κ3) is 2.64. The van der Waals surface area contributed by atoms with Crippen LogP contribution in [0.2, 0.25) is 0 Å². The van der Waals surface area contributed by atoms with Crippen LogP contribution in [0.25, 0.3) is 55.3 Å². The number of rotatable bonds is 3. The molecular formula is C21H13N7OS. The summed E-state index contributed by atoms with van der Waals surface area (Å²) in [6, 6.07) is 9.55. The molecule has 0 aliphatic carbocycles.